The Kier molecular flexibility index (Phi) is 3.63. The quantitative estimate of drug-likeness (QED) is 0.642. The van der Waals surface area contributed by atoms with Gasteiger partial charge in [0.1, 0.15) is 5.78 Å². The summed E-state index contributed by atoms with van der Waals surface area (Å²) in [4.78, 5) is 11.6. The average molecular weight is 238 g/mol. The highest BCUT2D eigenvalue weighted by Gasteiger charge is 2.40. The van der Waals surface area contributed by atoms with Crippen LogP contribution >= 0.6 is 0 Å². The Bertz CT molecular complexity index is 290. The SMILES string of the molecule is CC(C)(C)C1CCCC2(CC1)CC(=O)CCO2. The molecule has 1 aliphatic carbocycles. The van der Waals surface area contributed by atoms with Crippen LogP contribution in [0.15, 0.2) is 0 Å². The van der Waals surface area contributed by atoms with Crippen LogP contribution in [0.5, 0.6) is 0 Å². The Morgan fingerprint density at radius 3 is 2.65 bits per heavy atom. The van der Waals surface area contributed by atoms with Gasteiger partial charge in [-0.3, -0.25) is 4.79 Å². The summed E-state index contributed by atoms with van der Waals surface area (Å²) in [6.07, 6.45) is 7.20. The molecule has 2 aliphatic rings. The maximum absolute atomic E-state index is 11.6. The van der Waals surface area contributed by atoms with E-state index in [1.807, 2.05) is 0 Å². The highest BCUT2D eigenvalue weighted by atomic mass is 16.5. The van der Waals surface area contributed by atoms with E-state index < -0.39 is 0 Å². The Hall–Kier alpha value is -0.370. The van der Waals surface area contributed by atoms with Crippen molar-refractivity contribution in [2.24, 2.45) is 11.3 Å². The highest BCUT2D eigenvalue weighted by molar-refractivity contribution is 5.80. The predicted octanol–water partition coefficient (Wildman–Crippen LogP) is 3.73. The van der Waals surface area contributed by atoms with Crippen LogP contribution in [0.2, 0.25) is 0 Å². The summed E-state index contributed by atoms with van der Waals surface area (Å²) in [6.45, 7) is 7.66. The number of carbonyl (C=O) groups is 1. The lowest BCUT2D eigenvalue weighted by molar-refractivity contribution is -0.142. The summed E-state index contributed by atoms with van der Waals surface area (Å²) in [5, 5.41) is 0. The van der Waals surface area contributed by atoms with Gasteiger partial charge in [-0.15, -0.1) is 0 Å². The van der Waals surface area contributed by atoms with Gasteiger partial charge in [-0.25, -0.2) is 0 Å². The van der Waals surface area contributed by atoms with Gasteiger partial charge >= 0.3 is 0 Å². The van der Waals surface area contributed by atoms with Crippen LogP contribution in [0, 0.1) is 11.3 Å². The average Bonchev–Trinajstić information content (AvgIpc) is 2.40. The van der Waals surface area contributed by atoms with Crippen LogP contribution in [0.3, 0.4) is 0 Å². The van der Waals surface area contributed by atoms with Crippen molar-refractivity contribution in [3.63, 3.8) is 0 Å². The molecular weight excluding hydrogens is 212 g/mol. The third-order valence-electron chi connectivity index (χ3n) is 4.67. The van der Waals surface area contributed by atoms with Crippen molar-refractivity contribution in [1.82, 2.24) is 0 Å². The van der Waals surface area contributed by atoms with Crippen LogP contribution in [0.1, 0.15) is 65.7 Å². The molecule has 0 aromatic heterocycles. The summed E-state index contributed by atoms with van der Waals surface area (Å²) in [7, 11) is 0. The molecule has 17 heavy (non-hydrogen) atoms. The monoisotopic (exact) mass is 238 g/mol. The molecule has 1 heterocycles. The number of ketones is 1. The van der Waals surface area contributed by atoms with Crippen molar-refractivity contribution < 1.29 is 9.53 Å². The molecule has 2 nitrogen and oxygen atoms in total. The van der Waals surface area contributed by atoms with Gasteiger partial charge in [-0.2, -0.15) is 0 Å². The maximum Gasteiger partial charge on any atom is 0.138 e. The third kappa shape index (κ3) is 3.09. The van der Waals surface area contributed by atoms with Gasteiger partial charge in [0, 0.05) is 12.8 Å². The first-order valence-electron chi connectivity index (χ1n) is 7.07. The molecule has 2 fully saturated rings. The van der Waals surface area contributed by atoms with Crippen LogP contribution in [-0.2, 0) is 9.53 Å². The molecular formula is C15H26O2. The molecule has 1 saturated heterocycles. The van der Waals surface area contributed by atoms with Crippen LogP contribution in [0.4, 0.5) is 0 Å². The van der Waals surface area contributed by atoms with E-state index in [1.54, 1.807) is 0 Å². The lowest BCUT2D eigenvalue weighted by Gasteiger charge is -2.36. The second-order valence-electron chi connectivity index (χ2n) is 6.99. The second kappa shape index (κ2) is 4.72. The van der Waals surface area contributed by atoms with Crippen LogP contribution < -0.4 is 0 Å². The van der Waals surface area contributed by atoms with Gasteiger partial charge < -0.3 is 4.74 Å². The minimum atomic E-state index is -0.0880. The number of carbonyl (C=O) groups excluding carboxylic acids is 1. The van der Waals surface area contributed by atoms with Crippen molar-refractivity contribution in [3.05, 3.63) is 0 Å². The summed E-state index contributed by atoms with van der Waals surface area (Å²) >= 11 is 0. The third-order valence-corrected chi connectivity index (χ3v) is 4.67. The minimum absolute atomic E-state index is 0.0880. The number of hydrogen-bond donors (Lipinski definition) is 0. The van der Waals surface area contributed by atoms with Crippen molar-refractivity contribution in [3.8, 4) is 0 Å². The summed E-state index contributed by atoms with van der Waals surface area (Å²) in [6, 6.07) is 0. The lowest BCUT2D eigenvalue weighted by atomic mass is 9.76. The maximum atomic E-state index is 11.6. The Morgan fingerprint density at radius 2 is 2.00 bits per heavy atom. The zero-order valence-electron chi connectivity index (χ0n) is 11.6. The molecule has 2 rings (SSSR count). The van der Waals surface area contributed by atoms with E-state index >= 15 is 0 Å². The topological polar surface area (TPSA) is 26.3 Å². The van der Waals surface area contributed by atoms with E-state index in [0.29, 0.717) is 30.6 Å². The number of ether oxygens (including phenoxy) is 1. The van der Waals surface area contributed by atoms with Crippen molar-refractivity contribution in [1.29, 1.82) is 0 Å². The highest BCUT2D eigenvalue weighted by Crippen LogP contribution is 2.43. The van der Waals surface area contributed by atoms with Gasteiger partial charge in [-0.1, -0.05) is 27.2 Å². The van der Waals surface area contributed by atoms with E-state index in [4.69, 9.17) is 4.74 Å². The van der Waals surface area contributed by atoms with E-state index in [1.165, 1.54) is 19.3 Å². The van der Waals surface area contributed by atoms with Crippen molar-refractivity contribution in [2.45, 2.75) is 71.3 Å². The standard InChI is InChI=1S/C15H26O2/c1-14(2,3)12-5-4-8-15(9-6-12)11-13(16)7-10-17-15/h12H,4-11H2,1-3H3. The Balaban J connectivity index is 2.02. The van der Waals surface area contributed by atoms with Crippen LogP contribution in [0.25, 0.3) is 0 Å². The van der Waals surface area contributed by atoms with Gasteiger partial charge in [0.25, 0.3) is 0 Å². The summed E-state index contributed by atoms with van der Waals surface area (Å²) in [5.74, 6) is 1.19. The first-order valence-corrected chi connectivity index (χ1v) is 7.07. The Labute approximate surface area is 105 Å². The first kappa shape index (κ1) is 13.1. The molecule has 98 valence electrons. The number of rotatable bonds is 0. The summed E-state index contributed by atoms with van der Waals surface area (Å²) in [5.41, 5.74) is 0.305. The Morgan fingerprint density at radius 1 is 1.24 bits per heavy atom. The molecule has 0 bridgehead atoms. The molecule has 1 aliphatic heterocycles. The molecule has 0 N–H and O–H groups in total. The predicted molar refractivity (Wildman–Crippen MR) is 69.0 cm³/mol. The van der Waals surface area contributed by atoms with Gasteiger partial charge in [-0.05, 0) is 37.0 Å². The zero-order valence-corrected chi connectivity index (χ0v) is 11.6. The van der Waals surface area contributed by atoms with Crippen molar-refractivity contribution >= 4 is 5.78 Å². The lowest BCUT2D eigenvalue weighted by Crippen LogP contribution is -2.39. The smallest absolute Gasteiger partial charge is 0.138 e. The number of hydrogen-bond acceptors (Lipinski definition) is 2. The fourth-order valence-corrected chi connectivity index (χ4v) is 3.44. The second-order valence-corrected chi connectivity index (χ2v) is 6.99. The normalized spacial score (nSPS) is 35.9. The molecule has 0 aromatic rings. The molecule has 2 heteroatoms. The summed E-state index contributed by atoms with van der Waals surface area (Å²) < 4.78 is 6.00. The fourth-order valence-electron chi connectivity index (χ4n) is 3.44. The van der Waals surface area contributed by atoms with Gasteiger partial charge in [0.15, 0.2) is 0 Å². The molecule has 0 aromatic carbocycles. The van der Waals surface area contributed by atoms with E-state index in [0.717, 1.165) is 18.8 Å². The largest absolute Gasteiger partial charge is 0.374 e. The van der Waals surface area contributed by atoms with Crippen molar-refractivity contribution in [2.75, 3.05) is 6.61 Å². The molecule has 2 unspecified atom stereocenters. The first-order chi connectivity index (χ1) is 7.91. The fraction of sp³-hybridized carbons (Fsp3) is 0.933. The molecule has 0 radical (unpaired) electrons. The molecule has 1 spiro atoms. The minimum Gasteiger partial charge on any atom is -0.374 e. The van der Waals surface area contributed by atoms with Gasteiger partial charge in [0.05, 0.1) is 12.2 Å². The molecule has 2 atom stereocenters. The molecule has 1 saturated carbocycles. The van der Waals surface area contributed by atoms with Gasteiger partial charge in [0.2, 0.25) is 0 Å². The number of Topliss-reactive ketones (excluding diaryl/α,β-unsaturated/α-hetero) is 1. The van der Waals surface area contributed by atoms with E-state index in [9.17, 15) is 4.79 Å². The van der Waals surface area contributed by atoms with E-state index in [-0.39, 0.29) is 5.60 Å². The zero-order chi connectivity index (χ0) is 12.5. The van der Waals surface area contributed by atoms with E-state index in [2.05, 4.69) is 20.8 Å². The van der Waals surface area contributed by atoms with Crippen LogP contribution in [-0.4, -0.2) is 18.0 Å². The molecule has 0 amide bonds.